The standard InChI is InChI=1S/C16H12ClN3O3/c1-2-23-10-5-3-4-9(6-10)20-14-13(17)15(21)11-7-18-19-8-12(11)16(14)22/h3-8,20H,2H2,1H3. The lowest BCUT2D eigenvalue weighted by Gasteiger charge is -2.18. The largest absolute Gasteiger partial charge is 0.494 e. The predicted octanol–water partition coefficient (Wildman–Crippen LogP) is 2.82. The summed E-state index contributed by atoms with van der Waals surface area (Å²) in [6.45, 7) is 2.40. The topological polar surface area (TPSA) is 81.2 Å². The van der Waals surface area contributed by atoms with Crippen LogP contribution in [0.1, 0.15) is 27.6 Å². The highest BCUT2D eigenvalue weighted by atomic mass is 35.5. The molecular formula is C16H12ClN3O3. The Morgan fingerprint density at radius 3 is 2.52 bits per heavy atom. The molecule has 2 aromatic rings. The summed E-state index contributed by atoms with van der Waals surface area (Å²) < 4.78 is 5.41. The van der Waals surface area contributed by atoms with Crippen LogP contribution in [0.3, 0.4) is 0 Å². The molecule has 0 radical (unpaired) electrons. The van der Waals surface area contributed by atoms with Crippen molar-refractivity contribution in [3.05, 3.63) is 58.5 Å². The van der Waals surface area contributed by atoms with Gasteiger partial charge in [0.15, 0.2) is 0 Å². The summed E-state index contributed by atoms with van der Waals surface area (Å²) in [5.74, 6) is -0.212. The number of carbonyl (C=O) groups is 2. The number of rotatable bonds is 4. The number of ether oxygens (including phenoxy) is 1. The second-order valence-electron chi connectivity index (χ2n) is 4.75. The Balaban J connectivity index is 1.97. The van der Waals surface area contributed by atoms with Gasteiger partial charge in [-0.3, -0.25) is 9.59 Å². The summed E-state index contributed by atoms with van der Waals surface area (Å²) in [4.78, 5) is 24.8. The maximum atomic E-state index is 12.5. The van der Waals surface area contributed by atoms with E-state index in [-0.39, 0.29) is 21.9 Å². The Hall–Kier alpha value is -2.73. The van der Waals surface area contributed by atoms with E-state index in [0.29, 0.717) is 18.0 Å². The van der Waals surface area contributed by atoms with Gasteiger partial charge in [0.1, 0.15) is 16.5 Å². The molecule has 0 bridgehead atoms. The number of halogens is 1. The quantitative estimate of drug-likeness (QED) is 0.929. The van der Waals surface area contributed by atoms with Crippen molar-refractivity contribution in [2.75, 3.05) is 11.9 Å². The Morgan fingerprint density at radius 2 is 1.83 bits per heavy atom. The number of nitrogens with zero attached hydrogens (tertiary/aromatic N) is 2. The second kappa shape index (κ2) is 6.18. The molecule has 1 aliphatic carbocycles. The minimum absolute atomic E-state index is 0.0193. The predicted molar refractivity (Wildman–Crippen MR) is 84.8 cm³/mol. The van der Waals surface area contributed by atoms with Crippen LogP contribution in [0.5, 0.6) is 5.75 Å². The van der Waals surface area contributed by atoms with Crippen LogP contribution in [-0.2, 0) is 0 Å². The molecule has 1 aromatic carbocycles. The van der Waals surface area contributed by atoms with Crippen LogP contribution < -0.4 is 10.1 Å². The van der Waals surface area contributed by atoms with E-state index in [1.54, 1.807) is 24.3 Å². The Kier molecular flexibility index (Phi) is 4.08. The molecule has 1 aliphatic rings. The molecule has 1 N–H and O–H groups in total. The number of carbonyl (C=O) groups excluding carboxylic acids is 2. The van der Waals surface area contributed by atoms with E-state index < -0.39 is 11.6 Å². The van der Waals surface area contributed by atoms with Crippen LogP contribution in [0.15, 0.2) is 47.4 Å². The van der Waals surface area contributed by atoms with Gasteiger partial charge < -0.3 is 10.1 Å². The van der Waals surface area contributed by atoms with Gasteiger partial charge in [0, 0.05) is 11.8 Å². The number of fused-ring (bicyclic) bond motifs is 1. The fraction of sp³-hybridized carbons (Fsp3) is 0.125. The van der Waals surface area contributed by atoms with E-state index >= 15 is 0 Å². The third kappa shape index (κ3) is 2.80. The minimum atomic E-state index is -0.459. The summed E-state index contributed by atoms with van der Waals surface area (Å²) in [5.41, 5.74) is 0.947. The number of ketones is 2. The summed E-state index contributed by atoms with van der Waals surface area (Å²) in [6, 6.07) is 7.04. The van der Waals surface area contributed by atoms with Crippen molar-refractivity contribution >= 4 is 28.9 Å². The first-order valence-corrected chi connectivity index (χ1v) is 7.29. The second-order valence-corrected chi connectivity index (χ2v) is 5.13. The molecule has 0 aliphatic heterocycles. The van der Waals surface area contributed by atoms with Crippen LogP contribution in [0.25, 0.3) is 0 Å². The molecule has 3 rings (SSSR count). The van der Waals surface area contributed by atoms with Crippen molar-refractivity contribution in [1.29, 1.82) is 0 Å². The molecule has 0 fully saturated rings. The van der Waals surface area contributed by atoms with Gasteiger partial charge in [-0.1, -0.05) is 17.7 Å². The third-order valence-electron chi connectivity index (χ3n) is 3.28. The number of anilines is 1. The highest BCUT2D eigenvalue weighted by Gasteiger charge is 2.32. The zero-order valence-corrected chi connectivity index (χ0v) is 12.9. The number of hydrogen-bond acceptors (Lipinski definition) is 6. The first-order valence-electron chi connectivity index (χ1n) is 6.91. The molecule has 0 spiro atoms. The lowest BCUT2D eigenvalue weighted by atomic mass is 9.95. The first kappa shape index (κ1) is 15.2. The number of aromatic nitrogens is 2. The fourth-order valence-corrected chi connectivity index (χ4v) is 2.47. The molecule has 23 heavy (non-hydrogen) atoms. The minimum Gasteiger partial charge on any atom is -0.494 e. The van der Waals surface area contributed by atoms with Crippen molar-refractivity contribution in [3.8, 4) is 5.75 Å². The zero-order valence-electron chi connectivity index (χ0n) is 12.2. The smallest absolute Gasteiger partial charge is 0.213 e. The molecule has 0 unspecified atom stereocenters. The van der Waals surface area contributed by atoms with E-state index in [1.165, 1.54) is 12.4 Å². The van der Waals surface area contributed by atoms with Crippen LogP contribution in [0.4, 0.5) is 5.69 Å². The molecule has 0 saturated carbocycles. The maximum absolute atomic E-state index is 12.5. The molecule has 6 nitrogen and oxygen atoms in total. The lowest BCUT2D eigenvalue weighted by Crippen LogP contribution is -2.24. The van der Waals surface area contributed by atoms with Crippen LogP contribution in [0, 0.1) is 0 Å². The van der Waals surface area contributed by atoms with Gasteiger partial charge in [0.2, 0.25) is 11.6 Å². The van der Waals surface area contributed by atoms with Gasteiger partial charge in [-0.15, -0.1) is 0 Å². The van der Waals surface area contributed by atoms with Crippen LogP contribution >= 0.6 is 11.6 Å². The molecule has 1 heterocycles. The van der Waals surface area contributed by atoms with Gasteiger partial charge in [-0.2, -0.15) is 10.2 Å². The first-order chi connectivity index (χ1) is 11.1. The third-order valence-corrected chi connectivity index (χ3v) is 3.64. The Bertz CT molecular complexity index is 833. The number of allylic oxidation sites excluding steroid dienone is 2. The van der Waals surface area contributed by atoms with Crippen molar-refractivity contribution < 1.29 is 14.3 Å². The molecule has 0 saturated heterocycles. The molecule has 7 heteroatoms. The maximum Gasteiger partial charge on any atom is 0.213 e. The molecule has 1 aromatic heterocycles. The lowest BCUT2D eigenvalue weighted by molar-refractivity contribution is 0.0981. The fourth-order valence-electron chi connectivity index (χ4n) is 2.24. The van der Waals surface area contributed by atoms with E-state index in [9.17, 15) is 9.59 Å². The number of Topliss-reactive ketones (excluding diaryl/α,β-unsaturated/α-hetero) is 2. The normalized spacial score (nSPS) is 13.8. The van der Waals surface area contributed by atoms with Gasteiger partial charge in [-0.25, -0.2) is 0 Å². The van der Waals surface area contributed by atoms with Crippen molar-refractivity contribution in [2.45, 2.75) is 6.92 Å². The monoisotopic (exact) mass is 329 g/mol. The summed E-state index contributed by atoms with van der Waals surface area (Å²) in [6.07, 6.45) is 2.50. The van der Waals surface area contributed by atoms with Crippen molar-refractivity contribution in [2.24, 2.45) is 0 Å². The van der Waals surface area contributed by atoms with Gasteiger partial charge in [0.25, 0.3) is 0 Å². The van der Waals surface area contributed by atoms with Gasteiger partial charge >= 0.3 is 0 Å². The van der Waals surface area contributed by atoms with Gasteiger partial charge in [-0.05, 0) is 19.1 Å². The molecule has 0 atom stereocenters. The van der Waals surface area contributed by atoms with Crippen LogP contribution in [-0.4, -0.2) is 28.4 Å². The van der Waals surface area contributed by atoms with E-state index in [1.807, 2.05) is 6.92 Å². The number of hydrogen-bond donors (Lipinski definition) is 1. The highest BCUT2D eigenvalue weighted by Crippen LogP contribution is 2.29. The number of benzene rings is 1. The zero-order chi connectivity index (χ0) is 16.4. The van der Waals surface area contributed by atoms with E-state index in [4.69, 9.17) is 16.3 Å². The van der Waals surface area contributed by atoms with Crippen molar-refractivity contribution in [3.63, 3.8) is 0 Å². The molecule has 116 valence electrons. The average Bonchev–Trinajstić information content (AvgIpc) is 2.57. The Morgan fingerprint density at radius 1 is 1.13 bits per heavy atom. The van der Waals surface area contributed by atoms with E-state index in [0.717, 1.165) is 0 Å². The van der Waals surface area contributed by atoms with Crippen LogP contribution in [0.2, 0.25) is 0 Å². The summed E-state index contributed by atoms with van der Waals surface area (Å²) in [7, 11) is 0. The Labute approximate surface area is 137 Å². The van der Waals surface area contributed by atoms with E-state index in [2.05, 4.69) is 15.5 Å². The summed E-state index contributed by atoms with van der Waals surface area (Å²) in [5, 5.41) is 10.00. The summed E-state index contributed by atoms with van der Waals surface area (Å²) >= 11 is 6.07. The van der Waals surface area contributed by atoms with Crippen molar-refractivity contribution in [1.82, 2.24) is 10.2 Å². The van der Waals surface area contributed by atoms with Gasteiger partial charge in [0.05, 0.1) is 30.1 Å². The molecule has 0 amide bonds. The SMILES string of the molecule is CCOc1cccc(NC2=C(Cl)C(=O)c3cnncc3C2=O)c1. The molecular weight excluding hydrogens is 318 g/mol. The number of nitrogens with one attached hydrogen (secondary N) is 1. The highest BCUT2D eigenvalue weighted by molar-refractivity contribution is 6.50. The average molecular weight is 330 g/mol.